The van der Waals surface area contributed by atoms with Crippen molar-refractivity contribution in [2.24, 2.45) is 12.8 Å². The Kier molecular flexibility index (Phi) is 4.49. The number of nitrogens with one attached hydrogen (secondary N) is 1. The molecule has 0 spiro atoms. The molecule has 1 aromatic heterocycles. The Balaban J connectivity index is 1.91. The zero-order valence-electron chi connectivity index (χ0n) is 11.4. The first kappa shape index (κ1) is 14.9. The first-order valence-electron chi connectivity index (χ1n) is 6.25. The number of aryl methyl sites for hydroxylation is 2. The molecule has 0 aliphatic carbocycles. The van der Waals surface area contributed by atoms with Crippen LogP contribution in [0.2, 0.25) is 0 Å². The number of carbonyl (C=O) groups excluding carboxylic acids is 1. The van der Waals surface area contributed by atoms with Crippen molar-refractivity contribution in [3.8, 4) is 0 Å². The molecule has 0 saturated carbocycles. The van der Waals surface area contributed by atoms with Crippen molar-refractivity contribution in [1.29, 1.82) is 0 Å². The SMILES string of the molecule is Cn1cnn(CCC(=O)Nc2ccc(C(N)=S)cc2)c1=O. The van der Waals surface area contributed by atoms with Crippen LogP contribution in [0.15, 0.2) is 35.4 Å². The number of amides is 1. The van der Waals surface area contributed by atoms with Crippen LogP contribution in [0.25, 0.3) is 0 Å². The Bertz CT molecular complexity index is 717. The van der Waals surface area contributed by atoms with E-state index in [-0.39, 0.29) is 24.6 Å². The normalized spacial score (nSPS) is 10.3. The number of benzene rings is 1. The third kappa shape index (κ3) is 3.76. The largest absolute Gasteiger partial charge is 0.389 e. The molecule has 0 aliphatic heterocycles. The predicted molar refractivity (Wildman–Crippen MR) is 83.0 cm³/mol. The van der Waals surface area contributed by atoms with Gasteiger partial charge in [-0.2, -0.15) is 5.10 Å². The number of hydrogen-bond acceptors (Lipinski definition) is 4. The zero-order chi connectivity index (χ0) is 15.4. The topological polar surface area (TPSA) is 94.9 Å². The highest BCUT2D eigenvalue weighted by Crippen LogP contribution is 2.09. The summed E-state index contributed by atoms with van der Waals surface area (Å²) in [6.07, 6.45) is 1.57. The van der Waals surface area contributed by atoms with Crippen LogP contribution >= 0.6 is 12.2 Å². The molecule has 0 saturated heterocycles. The van der Waals surface area contributed by atoms with Gasteiger partial charge in [-0.05, 0) is 24.3 Å². The highest BCUT2D eigenvalue weighted by atomic mass is 32.1. The molecule has 21 heavy (non-hydrogen) atoms. The number of rotatable bonds is 5. The van der Waals surface area contributed by atoms with Gasteiger partial charge in [0.05, 0.1) is 6.54 Å². The number of nitrogens with two attached hydrogens (primary N) is 1. The molecule has 0 unspecified atom stereocenters. The van der Waals surface area contributed by atoms with E-state index in [9.17, 15) is 9.59 Å². The van der Waals surface area contributed by atoms with E-state index >= 15 is 0 Å². The number of hydrogen-bond donors (Lipinski definition) is 2. The van der Waals surface area contributed by atoms with Crippen molar-refractivity contribution < 1.29 is 4.79 Å². The second-order valence-corrected chi connectivity index (χ2v) is 4.93. The van der Waals surface area contributed by atoms with Crippen LogP contribution in [0.1, 0.15) is 12.0 Å². The lowest BCUT2D eigenvalue weighted by Gasteiger charge is -2.06. The van der Waals surface area contributed by atoms with Crippen molar-refractivity contribution >= 4 is 28.8 Å². The molecule has 0 fully saturated rings. The van der Waals surface area contributed by atoms with E-state index in [0.717, 1.165) is 5.56 Å². The van der Waals surface area contributed by atoms with Crippen molar-refractivity contribution in [2.45, 2.75) is 13.0 Å². The van der Waals surface area contributed by atoms with Crippen molar-refractivity contribution in [3.05, 3.63) is 46.6 Å². The molecule has 2 rings (SSSR count). The lowest BCUT2D eigenvalue weighted by molar-refractivity contribution is -0.116. The number of anilines is 1. The Morgan fingerprint density at radius 3 is 2.57 bits per heavy atom. The average molecular weight is 305 g/mol. The van der Waals surface area contributed by atoms with Crippen molar-refractivity contribution in [1.82, 2.24) is 14.3 Å². The van der Waals surface area contributed by atoms with Crippen LogP contribution in [0.3, 0.4) is 0 Å². The molecule has 1 aromatic carbocycles. The molecule has 0 radical (unpaired) electrons. The summed E-state index contributed by atoms with van der Waals surface area (Å²) in [5.41, 5.74) is 6.64. The van der Waals surface area contributed by atoms with Gasteiger partial charge in [-0.25, -0.2) is 9.48 Å². The minimum atomic E-state index is -0.247. The molecule has 0 bridgehead atoms. The van der Waals surface area contributed by atoms with Gasteiger partial charge in [0.25, 0.3) is 0 Å². The van der Waals surface area contributed by atoms with E-state index in [2.05, 4.69) is 10.4 Å². The zero-order valence-corrected chi connectivity index (χ0v) is 12.3. The van der Waals surface area contributed by atoms with Gasteiger partial charge in [-0.15, -0.1) is 0 Å². The van der Waals surface area contributed by atoms with Crippen LogP contribution in [0.4, 0.5) is 5.69 Å². The molecule has 3 N–H and O–H groups in total. The summed E-state index contributed by atoms with van der Waals surface area (Å²) in [7, 11) is 1.61. The maximum atomic E-state index is 11.8. The maximum Gasteiger partial charge on any atom is 0.345 e. The number of thiocarbonyl (C=S) groups is 1. The van der Waals surface area contributed by atoms with Gasteiger partial charge in [0, 0.05) is 24.7 Å². The van der Waals surface area contributed by atoms with Gasteiger partial charge in [0.1, 0.15) is 11.3 Å². The summed E-state index contributed by atoms with van der Waals surface area (Å²) in [6, 6.07) is 6.92. The Labute approximate surface area is 126 Å². The molecule has 1 heterocycles. The van der Waals surface area contributed by atoms with Gasteiger partial charge in [-0.3, -0.25) is 9.36 Å². The van der Waals surface area contributed by atoms with E-state index in [0.29, 0.717) is 10.7 Å². The minimum absolute atomic E-state index is 0.161. The minimum Gasteiger partial charge on any atom is -0.389 e. The van der Waals surface area contributed by atoms with E-state index < -0.39 is 0 Å². The second-order valence-electron chi connectivity index (χ2n) is 4.49. The fourth-order valence-corrected chi connectivity index (χ4v) is 1.86. The maximum absolute atomic E-state index is 11.8. The third-order valence-electron chi connectivity index (χ3n) is 2.89. The van der Waals surface area contributed by atoms with Gasteiger partial charge >= 0.3 is 5.69 Å². The lowest BCUT2D eigenvalue weighted by atomic mass is 10.2. The summed E-state index contributed by atoms with van der Waals surface area (Å²) < 4.78 is 2.60. The summed E-state index contributed by atoms with van der Waals surface area (Å²) in [5.74, 6) is -0.198. The summed E-state index contributed by atoms with van der Waals surface area (Å²) in [5, 5.41) is 6.62. The predicted octanol–water partition coefficient (Wildman–Crippen LogP) is 0.245. The van der Waals surface area contributed by atoms with Crippen LogP contribution in [0, 0.1) is 0 Å². The molecule has 0 aliphatic rings. The van der Waals surface area contributed by atoms with Gasteiger partial charge in [-0.1, -0.05) is 12.2 Å². The Morgan fingerprint density at radius 2 is 2.05 bits per heavy atom. The summed E-state index contributed by atoms with van der Waals surface area (Å²) >= 11 is 4.85. The molecular weight excluding hydrogens is 290 g/mol. The number of nitrogens with zero attached hydrogens (tertiary/aromatic N) is 3. The second kappa shape index (κ2) is 6.31. The van der Waals surface area contributed by atoms with E-state index in [1.54, 1.807) is 31.3 Å². The Morgan fingerprint density at radius 1 is 1.38 bits per heavy atom. The summed E-state index contributed by atoms with van der Waals surface area (Å²) in [6.45, 7) is 0.233. The average Bonchev–Trinajstić information content (AvgIpc) is 2.77. The highest BCUT2D eigenvalue weighted by Gasteiger charge is 2.06. The molecule has 110 valence electrons. The van der Waals surface area contributed by atoms with Crippen LogP contribution in [-0.4, -0.2) is 25.2 Å². The molecule has 8 heteroatoms. The Hall–Kier alpha value is -2.48. The standard InChI is InChI=1S/C13H15N5O2S/c1-17-8-15-18(13(17)20)7-6-11(19)16-10-4-2-9(3-5-10)12(14)21/h2-5,8H,6-7H2,1H3,(H2,14,21)(H,16,19). The molecule has 0 atom stereocenters. The smallest absolute Gasteiger partial charge is 0.345 e. The quantitative estimate of drug-likeness (QED) is 0.772. The monoisotopic (exact) mass is 305 g/mol. The molecule has 1 amide bonds. The molecule has 2 aromatic rings. The lowest BCUT2D eigenvalue weighted by Crippen LogP contribution is -2.25. The van der Waals surface area contributed by atoms with Crippen LogP contribution in [-0.2, 0) is 18.4 Å². The van der Waals surface area contributed by atoms with Crippen molar-refractivity contribution in [3.63, 3.8) is 0 Å². The van der Waals surface area contributed by atoms with Gasteiger partial charge in [0.2, 0.25) is 5.91 Å². The number of aromatic nitrogens is 3. The summed E-state index contributed by atoms with van der Waals surface area (Å²) in [4.78, 5) is 23.7. The van der Waals surface area contributed by atoms with Crippen LogP contribution < -0.4 is 16.7 Å². The van der Waals surface area contributed by atoms with E-state index in [1.165, 1.54) is 15.6 Å². The van der Waals surface area contributed by atoms with Gasteiger partial charge in [0.15, 0.2) is 0 Å². The first-order chi connectivity index (χ1) is 9.97. The highest BCUT2D eigenvalue weighted by molar-refractivity contribution is 7.80. The van der Waals surface area contributed by atoms with Crippen molar-refractivity contribution in [2.75, 3.05) is 5.32 Å². The van der Waals surface area contributed by atoms with Crippen LogP contribution in [0.5, 0.6) is 0 Å². The fourth-order valence-electron chi connectivity index (χ4n) is 1.72. The van der Waals surface area contributed by atoms with E-state index in [1.807, 2.05) is 0 Å². The van der Waals surface area contributed by atoms with E-state index in [4.69, 9.17) is 18.0 Å². The van der Waals surface area contributed by atoms with Gasteiger partial charge < -0.3 is 11.1 Å². The first-order valence-corrected chi connectivity index (χ1v) is 6.66. The fraction of sp³-hybridized carbons (Fsp3) is 0.231. The third-order valence-corrected chi connectivity index (χ3v) is 3.13. The molecule has 7 nitrogen and oxygen atoms in total. The number of carbonyl (C=O) groups is 1. The molecular formula is C13H15N5O2S.